The van der Waals surface area contributed by atoms with Gasteiger partial charge in [0.15, 0.2) is 0 Å². The molecule has 6 heteroatoms. The fourth-order valence-corrected chi connectivity index (χ4v) is 1.33. The number of rotatable bonds is 2. The lowest BCUT2D eigenvalue weighted by atomic mass is 10.2. The third-order valence-electron chi connectivity index (χ3n) is 2.20. The summed E-state index contributed by atoms with van der Waals surface area (Å²) < 4.78 is 26.2. The summed E-state index contributed by atoms with van der Waals surface area (Å²) in [4.78, 5) is 15.5. The molecule has 0 spiro atoms. The lowest BCUT2D eigenvalue weighted by Gasteiger charge is -2.05. The van der Waals surface area contributed by atoms with Gasteiger partial charge in [0.25, 0.3) is 5.91 Å². The minimum absolute atomic E-state index is 0.206. The van der Waals surface area contributed by atoms with Gasteiger partial charge in [0.2, 0.25) is 0 Å². The third-order valence-corrected chi connectivity index (χ3v) is 2.20. The molecule has 0 aliphatic heterocycles. The van der Waals surface area contributed by atoms with Crippen LogP contribution in [0.3, 0.4) is 0 Å². The van der Waals surface area contributed by atoms with Crippen molar-refractivity contribution in [1.82, 2.24) is 4.98 Å². The van der Waals surface area contributed by atoms with E-state index in [9.17, 15) is 13.6 Å². The zero-order valence-corrected chi connectivity index (χ0v) is 9.15. The number of hydrogen-bond donors (Lipinski definition) is 2. The van der Waals surface area contributed by atoms with Crippen LogP contribution >= 0.6 is 0 Å². The Morgan fingerprint density at radius 2 is 2.00 bits per heavy atom. The van der Waals surface area contributed by atoms with Crippen LogP contribution < -0.4 is 11.1 Å². The van der Waals surface area contributed by atoms with E-state index in [0.717, 1.165) is 18.2 Å². The molecule has 0 unspecified atom stereocenters. The SMILES string of the molecule is Nc1ccc(NC(=O)c2cc(F)ccc2F)nc1. The summed E-state index contributed by atoms with van der Waals surface area (Å²) in [6.45, 7) is 0. The van der Waals surface area contributed by atoms with Crippen LogP contribution in [0.1, 0.15) is 10.4 Å². The fourth-order valence-electron chi connectivity index (χ4n) is 1.33. The molecule has 0 atom stereocenters. The van der Waals surface area contributed by atoms with Gasteiger partial charge < -0.3 is 11.1 Å². The van der Waals surface area contributed by atoms with Crippen molar-refractivity contribution in [2.24, 2.45) is 0 Å². The van der Waals surface area contributed by atoms with Crippen LogP contribution in [-0.2, 0) is 0 Å². The largest absolute Gasteiger partial charge is 0.397 e. The van der Waals surface area contributed by atoms with Crippen molar-refractivity contribution in [2.45, 2.75) is 0 Å². The summed E-state index contributed by atoms with van der Waals surface area (Å²) in [5.41, 5.74) is 5.48. The van der Waals surface area contributed by atoms with E-state index < -0.39 is 17.5 Å². The molecule has 3 N–H and O–H groups in total. The van der Waals surface area contributed by atoms with Crippen LogP contribution in [0.25, 0.3) is 0 Å². The molecule has 4 nitrogen and oxygen atoms in total. The first-order valence-electron chi connectivity index (χ1n) is 5.04. The number of benzene rings is 1. The molecule has 2 aromatic rings. The molecule has 2 rings (SSSR count). The van der Waals surface area contributed by atoms with Gasteiger partial charge in [-0.15, -0.1) is 0 Å². The Bertz CT molecular complexity index is 584. The Morgan fingerprint density at radius 1 is 1.22 bits per heavy atom. The predicted molar refractivity (Wildman–Crippen MR) is 63.0 cm³/mol. The van der Waals surface area contributed by atoms with E-state index in [2.05, 4.69) is 10.3 Å². The number of hydrogen-bond acceptors (Lipinski definition) is 3. The summed E-state index contributed by atoms with van der Waals surface area (Å²) in [6.07, 6.45) is 1.34. The highest BCUT2D eigenvalue weighted by molar-refractivity contribution is 6.03. The van der Waals surface area contributed by atoms with Gasteiger partial charge in [0.1, 0.15) is 17.5 Å². The molecule has 0 fully saturated rings. The lowest BCUT2D eigenvalue weighted by molar-refractivity contribution is 0.102. The first kappa shape index (κ1) is 12.0. The minimum atomic E-state index is -0.802. The summed E-state index contributed by atoms with van der Waals surface area (Å²) in [5, 5.41) is 2.34. The number of aromatic nitrogens is 1. The number of nitrogen functional groups attached to an aromatic ring is 1. The average Bonchev–Trinajstić information content (AvgIpc) is 2.35. The Morgan fingerprint density at radius 3 is 2.67 bits per heavy atom. The Labute approximate surface area is 101 Å². The third kappa shape index (κ3) is 2.60. The number of carbonyl (C=O) groups is 1. The highest BCUT2D eigenvalue weighted by Crippen LogP contribution is 2.12. The van der Waals surface area contributed by atoms with E-state index >= 15 is 0 Å². The zero-order valence-electron chi connectivity index (χ0n) is 9.15. The number of nitrogens with one attached hydrogen (secondary N) is 1. The quantitative estimate of drug-likeness (QED) is 0.857. The van der Waals surface area contributed by atoms with Crippen molar-refractivity contribution >= 4 is 17.4 Å². The minimum Gasteiger partial charge on any atom is -0.397 e. The van der Waals surface area contributed by atoms with Crippen molar-refractivity contribution in [3.05, 3.63) is 53.7 Å². The summed E-state index contributed by atoms with van der Waals surface area (Å²) in [5.74, 6) is -2.06. The molecule has 0 aliphatic carbocycles. The van der Waals surface area contributed by atoms with E-state index in [1.54, 1.807) is 0 Å². The smallest absolute Gasteiger partial charge is 0.259 e. The maximum absolute atomic E-state index is 13.3. The lowest BCUT2D eigenvalue weighted by Crippen LogP contribution is -2.15. The highest BCUT2D eigenvalue weighted by Gasteiger charge is 2.13. The van der Waals surface area contributed by atoms with E-state index in [4.69, 9.17) is 5.73 Å². The summed E-state index contributed by atoms with van der Waals surface area (Å²) >= 11 is 0. The van der Waals surface area contributed by atoms with Crippen LogP contribution in [0, 0.1) is 11.6 Å². The molecule has 92 valence electrons. The second-order valence-corrected chi connectivity index (χ2v) is 3.56. The maximum atomic E-state index is 13.3. The van der Waals surface area contributed by atoms with Gasteiger partial charge in [-0.1, -0.05) is 0 Å². The van der Waals surface area contributed by atoms with E-state index in [1.807, 2.05) is 0 Å². The Kier molecular flexibility index (Phi) is 3.18. The zero-order chi connectivity index (χ0) is 13.1. The van der Waals surface area contributed by atoms with E-state index in [-0.39, 0.29) is 11.4 Å². The Hall–Kier alpha value is -2.50. The molecule has 1 heterocycles. The van der Waals surface area contributed by atoms with Gasteiger partial charge in [-0.3, -0.25) is 4.79 Å². The maximum Gasteiger partial charge on any atom is 0.259 e. The molecule has 0 radical (unpaired) electrons. The number of pyridine rings is 1. The van der Waals surface area contributed by atoms with Crippen molar-refractivity contribution in [3.63, 3.8) is 0 Å². The summed E-state index contributed by atoms with van der Waals surface area (Å²) in [7, 11) is 0. The number of nitrogens with two attached hydrogens (primary N) is 1. The number of anilines is 2. The predicted octanol–water partition coefficient (Wildman–Crippen LogP) is 2.19. The molecule has 0 saturated heterocycles. The first-order chi connectivity index (χ1) is 8.56. The second-order valence-electron chi connectivity index (χ2n) is 3.56. The van der Waals surface area contributed by atoms with Crippen molar-refractivity contribution in [3.8, 4) is 0 Å². The monoisotopic (exact) mass is 249 g/mol. The summed E-state index contributed by atoms with van der Waals surface area (Å²) in [6, 6.07) is 5.64. The highest BCUT2D eigenvalue weighted by atomic mass is 19.1. The number of halogens is 2. The number of amides is 1. The van der Waals surface area contributed by atoms with Gasteiger partial charge in [0.05, 0.1) is 17.4 Å². The molecule has 0 bridgehead atoms. The molecule has 1 aromatic carbocycles. The fraction of sp³-hybridized carbons (Fsp3) is 0. The molecule has 0 saturated carbocycles. The van der Waals surface area contributed by atoms with Crippen LogP contribution in [0.15, 0.2) is 36.5 Å². The van der Waals surface area contributed by atoms with Crippen molar-refractivity contribution in [1.29, 1.82) is 0 Å². The topological polar surface area (TPSA) is 68.0 Å². The molecule has 1 amide bonds. The molecule has 18 heavy (non-hydrogen) atoms. The van der Waals surface area contributed by atoms with Crippen molar-refractivity contribution < 1.29 is 13.6 Å². The number of nitrogens with zero attached hydrogens (tertiary/aromatic N) is 1. The molecular formula is C12H9F2N3O. The average molecular weight is 249 g/mol. The van der Waals surface area contributed by atoms with Gasteiger partial charge in [0, 0.05) is 0 Å². The van der Waals surface area contributed by atoms with Crippen LogP contribution in [0.4, 0.5) is 20.3 Å². The van der Waals surface area contributed by atoms with Crippen LogP contribution in [0.5, 0.6) is 0 Å². The van der Waals surface area contributed by atoms with Crippen molar-refractivity contribution in [2.75, 3.05) is 11.1 Å². The van der Waals surface area contributed by atoms with Gasteiger partial charge in [-0.2, -0.15) is 0 Å². The van der Waals surface area contributed by atoms with Gasteiger partial charge in [-0.25, -0.2) is 13.8 Å². The van der Waals surface area contributed by atoms with Gasteiger partial charge >= 0.3 is 0 Å². The second kappa shape index (κ2) is 4.79. The molecule has 0 aliphatic rings. The first-order valence-corrected chi connectivity index (χ1v) is 5.04. The standard InChI is InChI=1S/C12H9F2N3O/c13-7-1-3-10(14)9(5-7)12(18)17-11-4-2-8(15)6-16-11/h1-6H,15H2,(H,16,17,18). The normalized spacial score (nSPS) is 10.1. The molecule has 1 aromatic heterocycles. The molecular weight excluding hydrogens is 240 g/mol. The van der Waals surface area contributed by atoms with Crippen LogP contribution in [-0.4, -0.2) is 10.9 Å². The van der Waals surface area contributed by atoms with E-state index in [1.165, 1.54) is 18.3 Å². The Balaban J connectivity index is 2.21. The van der Waals surface area contributed by atoms with Crippen LogP contribution in [0.2, 0.25) is 0 Å². The van der Waals surface area contributed by atoms with Gasteiger partial charge in [-0.05, 0) is 30.3 Å². The van der Waals surface area contributed by atoms with E-state index in [0.29, 0.717) is 5.69 Å². The number of carbonyl (C=O) groups excluding carboxylic acids is 1.